The lowest BCUT2D eigenvalue weighted by molar-refractivity contribution is -0.136. The number of methoxy groups -OCH3 is 1. The van der Waals surface area contributed by atoms with Gasteiger partial charge >= 0.3 is 0 Å². The Balaban J connectivity index is 1.96. The van der Waals surface area contributed by atoms with E-state index in [-0.39, 0.29) is 12.5 Å². The Hall–Kier alpha value is -0.610. The molecule has 14 heavy (non-hydrogen) atoms. The zero-order chi connectivity index (χ0) is 9.97. The van der Waals surface area contributed by atoms with Gasteiger partial charge in [0.2, 0.25) is 5.91 Å². The number of ether oxygens (including phenoxy) is 1. The van der Waals surface area contributed by atoms with E-state index in [1.807, 2.05) is 4.90 Å². The van der Waals surface area contributed by atoms with Gasteiger partial charge in [-0.15, -0.1) is 0 Å². The summed E-state index contributed by atoms with van der Waals surface area (Å²) >= 11 is 0. The molecule has 2 unspecified atom stereocenters. The molecule has 0 aromatic rings. The van der Waals surface area contributed by atoms with Crippen molar-refractivity contribution < 1.29 is 9.53 Å². The Kier molecular flexibility index (Phi) is 3.03. The molecule has 0 spiro atoms. The molecule has 1 amide bonds. The van der Waals surface area contributed by atoms with E-state index in [2.05, 4.69) is 5.32 Å². The SMILES string of the molecule is COCC(=O)N1CCC2NCCCC21. The van der Waals surface area contributed by atoms with E-state index >= 15 is 0 Å². The molecule has 4 heteroatoms. The van der Waals surface area contributed by atoms with Crippen molar-refractivity contribution in [1.29, 1.82) is 0 Å². The fraction of sp³-hybridized carbons (Fsp3) is 0.900. The number of carbonyl (C=O) groups is 1. The summed E-state index contributed by atoms with van der Waals surface area (Å²) < 4.78 is 4.88. The van der Waals surface area contributed by atoms with E-state index in [0.717, 1.165) is 25.9 Å². The molecule has 1 N–H and O–H groups in total. The minimum absolute atomic E-state index is 0.142. The summed E-state index contributed by atoms with van der Waals surface area (Å²) in [4.78, 5) is 13.7. The molecule has 0 aromatic heterocycles. The molecular weight excluding hydrogens is 180 g/mol. The average Bonchev–Trinajstić information content (AvgIpc) is 2.61. The van der Waals surface area contributed by atoms with Gasteiger partial charge in [-0.05, 0) is 25.8 Å². The number of nitrogens with zero attached hydrogens (tertiary/aromatic N) is 1. The van der Waals surface area contributed by atoms with Gasteiger partial charge in [0.1, 0.15) is 6.61 Å². The summed E-state index contributed by atoms with van der Waals surface area (Å²) in [5.41, 5.74) is 0. The van der Waals surface area contributed by atoms with Gasteiger partial charge in [0.05, 0.1) is 0 Å². The first-order chi connectivity index (χ1) is 6.83. The minimum Gasteiger partial charge on any atom is -0.375 e. The maximum Gasteiger partial charge on any atom is 0.248 e. The molecule has 0 aromatic carbocycles. The van der Waals surface area contributed by atoms with E-state index < -0.39 is 0 Å². The Morgan fingerprint density at radius 3 is 3.21 bits per heavy atom. The van der Waals surface area contributed by atoms with Crippen LogP contribution in [-0.4, -0.2) is 49.7 Å². The standard InChI is InChI=1S/C10H18N2O2/c1-14-7-10(13)12-6-4-8-9(12)3-2-5-11-8/h8-9,11H,2-7H2,1H3. The van der Waals surface area contributed by atoms with Crippen molar-refractivity contribution in [1.82, 2.24) is 10.2 Å². The van der Waals surface area contributed by atoms with Crippen LogP contribution in [-0.2, 0) is 9.53 Å². The molecule has 4 nitrogen and oxygen atoms in total. The normalized spacial score (nSPS) is 31.6. The smallest absolute Gasteiger partial charge is 0.248 e. The van der Waals surface area contributed by atoms with Gasteiger partial charge in [-0.2, -0.15) is 0 Å². The molecule has 2 atom stereocenters. The predicted molar refractivity (Wildman–Crippen MR) is 53.0 cm³/mol. The fourth-order valence-corrected chi connectivity index (χ4v) is 2.56. The highest BCUT2D eigenvalue weighted by molar-refractivity contribution is 5.78. The van der Waals surface area contributed by atoms with Gasteiger partial charge < -0.3 is 15.0 Å². The third kappa shape index (κ3) is 1.77. The van der Waals surface area contributed by atoms with Crippen molar-refractivity contribution >= 4 is 5.91 Å². The van der Waals surface area contributed by atoms with Crippen molar-refractivity contribution in [3.05, 3.63) is 0 Å². The fourth-order valence-electron chi connectivity index (χ4n) is 2.56. The van der Waals surface area contributed by atoms with Crippen LogP contribution in [0.5, 0.6) is 0 Å². The summed E-state index contributed by atoms with van der Waals surface area (Å²) in [6.45, 7) is 2.22. The summed E-state index contributed by atoms with van der Waals surface area (Å²) in [5.74, 6) is 0.142. The zero-order valence-corrected chi connectivity index (χ0v) is 8.66. The monoisotopic (exact) mass is 198 g/mol. The lowest BCUT2D eigenvalue weighted by Gasteiger charge is -2.32. The summed E-state index contributed by atoms with van der Waals surface area (Å²) in [6.07, 6.45) is 3.42. The lowest BCUT2D eigenvalue weighted by atomic mass is 9.99. The van der Waals surface area contributed by atoms with Crippen molar-refractivity contribution in [2.24, 2.45) is 0 Å². The molecule has 2 saturated heterocycles. The molecule has 2 rings (SSSR count). The number of piperidine rings is 1. The van der Waals surface area contributed by atoms with E-state index in [9.17, 15) is 4.79 Å². The Labute approximate surface area is 84.6 Å². The molecule has 0 aliphatic carbocycles. The number of rotatable bonds is 2. The number of amides is 1. The van der Waals surface area contributed by atoms with Crippen LogP contribution in [0.2, 0.25) is 0 Å². The van der Waals surface area contributed by atoms with Gasteiger partial charge in [-0.1, -0.05) is 0 Å². The maximum absolute atomic E-state index is 11.7. The van der Waals surface area contributed by atoms with Crippen LogP contribution >= 0.6 is 0 Å². The number of fused-ring (bicyclic) bond motifs is 1. The number of hydrogen-bond donors (Lipinski definition) is 1. The van der Waals surface area contributed by atoms with E-state index in [1.54, 1.807) is 7.11 Å². The highest BCUT2D eigenvalue weighted by Gasteiger charge is 2.37. The third-order valence-corrected chi connectivity index (χ3v) is 3.22. The van der Waals surface area contributed by atoms with E-state index in [1.165, 1.54) is 6.42 Å². The molecule has 2 fully saturated rings. The van der Waals surface area contributed by atoms with Crippen molar-refractivity contribution in [2.75, 3.05) is 26.8 Å². The summed E-state index contributed by atoms with van der Waals surface area (Å²) in [7, 11) is 1.57. The first-order valence-electron chi connectivity index (χ1n) is 5.34. The first kappa shape index (κ1) is 9.93. The minimum atomic E-state index is 0.142. The topological polar surface area (TPSA) is 41.6 Å². The van der Waals surface area contributed by atoms with Crippen LogP contribution in [0, 0.1) is 0 Å². The molecule has 0 saturated carbocycles. The molecule has 0 bridgehead atoms. The van der Waals surface area contributed by atoms with Gasteiger partial charge in [0.25, 0.3) is 0 Å². The molecule has 80 valence electrons. The van der Waals surface area contributed by atoms with Crippen LogP contribution in [0.4, 0.5) is 0 Å². The van der Waals surface area contributed by atoms with Crippen LogP contribution in [0.1, 0.15) is 19.3 Å². The molecule has 2 aliphatic heterocycles. The van der Waals surface area contributed by atoms with Gasteiger partial charge in [0, 0.05) is 25.7 Å². The second-order valence-electron chi connectivity index (χ2n) is 4.08. The van der Waals surface area contributed by atoms with E-state index in [0.29, 0.717) is 12.1 Å². The highest BCUT2D eigenvalue weighted by atomic mass is 16.5. The van der Waals surface area contributed by atoms with Crippen LogP contribution < -0.4 is 5.32 Å². The number of hydrogen-bond acceptors (Lipinski definition) is 3. The Morgan fingerprint density at radius 2 is 2.43 bits per heavy atom. The van der Waals surface area contributed by atoms with Crippen molar-refractivity contribution in [2.45, 2.75) is 31.3 Å². The molecule has 2 aliphatic rings. The van der Waals surface area contributed by atoms with Gasteiger partial charge in [-0.3, -0.25) is 4.79 Å². The second kappa shape index (κ2) is 4.28. The van der Waals surface area contributed by atoms with Crippen LogP contribution in [0.3, 0.4) is 0 Å². The Bertz CT molecular complexity index is 220. The van der Waals surface area contributed by atoms with Crippen LogP contribution in [0.25, 0.3) is 0 Å². The Morgan fingerprint density at radius 1 is 1.57 bits per heavy atom. The van der Waals surface area contributed by atoms with E-state index in [4.69, 9.17) is 4.74 Å². The van der Waals surface area contributed by atoms with Crippen LogP contribution in [0.15, 0.2) is 0 Å². The molecule has 2 heterocycles. The largest absolute Gasteiger partial charge is 0.375 e. The summed E-state index contributed by atoms with van der Waals surface area (Å²) in [6, 6.07) is 0.955. The van der Waals surface area contributed by atoms with Crippen molar-refractivity contribution in [3.8, 4) is 0 Å². The average molecular weight is 198 g/mol. The number of likely N-dealkylation sites (tertiary alicyclic amines) is 1. The quantitative estimate of drug-likeness (QED) is 0.678. The lowest BCUT2D eigenvalue weighted by Crippen LogP contribution is -2.49. The van der Waals surface area contributed by atoms with Gasteiger partial charge in [0.15, 0.2) is 0 Å². The molecule has 0 radical (unpaired) electrons. The van der Waals surface area contributed by atoms with Crippen molar-refractivity contribution in [3.63, 3.8) is 0 Å². The maximum atomic E-state index is 11.7. The second-order valence-corrected chi connectivity index (χ2v) is 4.08. The van der Waals surface area contributed by atoms with Gasteiger partial charge in [-0.25, -0.2) is 0 Å². The highest BCUT2D eigenvalue weighted by Crippen LogP contribution is 2.24. The summed E-state index contributed by atoms with van der Waals surface area (Å²) in [5, 5.41) is 3.47. The first-order valence-corrected chi connectivity index (χ1v) is 5.34. The zero-order valence-electron chi connectivity index (χ0n) is 8.66. The molecular formula is C10H18N2O2. The third-order valence-electron chi connectivity index (χ3n) is 3.22. The predicted octanol–water partition coefficient (Wildman–Crippen LogP) is -0.0143. The number of nitrogens with one attached hydrogen (secondary N) is 1. The number of carbonyl (C=O) groups excluding carboxylic acids is 1.